The van der Waals surface area contributed by atoms with E-state index in [4.69, 9.17) is 4.42 Å². The van der Waals surface area contributed by atoms with Crippen LogP contribution in [0.3, 0.4) is 0 Å². The molecule has 0 saturated heterocycles. The van der Waals surface area contributed by atoms with Gasteiger partial charge in [-0.25, -0.2) is 0 Å². The van der Waals surface area contributed by atoms with Crippen LogP contribution in [0.15, 0.2) is 211 Å². The third-order valence-corrected chi connectivity index (χ3v) is 12.8. The molecule has 60 heavy (non-hydrogen) atoms. The van der Waals surface area contributed by atoms with E-state index >= 15 is 0 Å². The van der Waals surface area contributed by atoms with E-state index in [-0.39, 0.29) is 5.41 Å². The normalized spacial score (nSPS) is 13.0. The fourth-order valence-corrected chi connectivity index (χ4v) is 9.87. The zero-order valence-corrected chi connectivity index (χ0v) is 33.4. The summed E-state index contributed by atoms with van der Waals surface area (Å²) in [5, 5.41) is 4.70. The zero-order valence-electron chi connectivity index (χ0n) is 33.4. The summed E-state index contributed by atoms with van der Waals surface area (Å²) in [7, 11) is 0. The number of benzene rings is 9. The summed E-state index contributed by atoms with van der Waals surface area (Å²) in [4.78, 5) is 2.41. The van der Waals surface area contributed by atoms with Crippen LogP contribution in [0, 0.1) is 0 Å². The Kier molecular flexibility index (Phi) is 7.58. The van der Waals surface area contributed by atoms with Crippen molar-refractivity contribution in [3.8, 4) is 39.1 Å². The molecule has 0 saturated carbocycles. The molecule has 0 N–H and O–H groups in total. The molecule has 1 aliphatic rings. The molecule has 0 fully saturated rings. The molecule has 11 aromatic rings. The summed E-state index contributed by atoms with van der Waals surface area (Å²) in [6, 6.07) is 74.9. The maximum atomic E-state index is 6.43. The number of hydrogen-bond donors (Lipinski definition) is 0. The molecule has 0 unspecified atom stereocenters. The van der Waals surface area contributed by atoms with E-state index in [0.717, 1.165) is 44.7 Å². The monoisotopic (exact) mass is 768 g/mol. The number of rotatable bonds is 6. The number of anilines is 3. The van der Waals surface area contributed by atoms with E-state index in [0.29, 0.717) is 0 Å². The first kappa shape index (κ1) is 34.4. The second-order valence-corrected chi connectivity index (χ2v) is 16.5. The van der Waals surface area contributed by atoms with Gasteiger partial charge >= 0.3 is 0 Å². The molecule has 9 aromatic carbocycles. The van der Waals surface area contributed by atoms with Gasteiger partial charge in [-0.15, -0.1) is 0 Å². The molecule has 12 rings (SSSR count). The highest BCUT2D eigenvalue weighted by Gasteiger charge is 2.36. The summed E-state index contributed by atoms with van der Waals surface area (Å²) in [6.45, 7) is 4.70. The van der Waals surface area contributed by atoms with E-state index in [1.165, 1.54) is 66.3 Å². The van der Waals surface area contributed by atoms with Crippen molar-refractivity contribution in [1.82, 2.24) is 4.57 Å². The Morgan fingerprint density at radius 1 is 0.417 bits per heavy atom. The molecular weight excluding hydrogens is 729 g/mol. The average Bonchev–Trinajstić information content (AvgIpc) is 3.93. The van der Waals surface area contributed by atoms with Crippen LogP contribution in [0.5, 0.6) is 0 Å². The maximum Gasteiger partial charge on any atom is 0.137 e. The average molecular weight is 769 g/mol. The van der Waals surface area contributed by atoms with Gasteiger partial charge in [0.05, 0.1) is 22.1 Å². The van der Waals surface area contributed by atoms with Crippen LogP contribution in [0.4, 0.5) is 17.1 Å². The molecule has 0 spiro atoms. The van der Waals surface area contributed by atoms with Crippen LogP contribution in [0.1, 0.15) is 25.0 Å². The van der Waals surface area contributed by atoms with Crippen LogP contribution >= 0.6 is 0 Å². The maximum absolute atomic E-state index is 6.43. The van der Waals surface area contributed by atoms with E-state index < -0.39 is 0 Å². The predicted octanol–water partition coefficient (Wildman–Crippen LogP) is 15.8. The highest BCUT2D eigenvalue weighted by atomic mass is 16.3. The lowest BCUT2D eigenvalue weighted by Crippen LogP contribution is -2.16. The largest absolute Gasteiger partial charge is 0.456 e. The van der Waals surface area contributed by atoms with E-state index in [9.17, 15) is 0 Å². The van der Waals surface area contributed by atoms with E-state index in [1.807, 2.05) is 6.07 Å². The second kappa shape index (κ2) is 13.2. The Balaban J connectivity index is 0.975. The van der Waals surface area contributed by atoms with Gasteiger partial charge in [0.1, 0.15) is 11.2 Å². The van der Waals surface area contributed by atoms with Gasteiger partial charge in [0.15, 0.2) is 0 Å². The summed E-state index contributed by atoms with van der Waals surface area (Å²) < 4.78 is 8.82. The van der Waals surface area contributed by atoms with Crippen LogP contribution in [-0.4, -0.2) is 4.57 Å². The van der Waals surface area contributed by atoms with Gasteiger partial charge in [0.2, 0.25) is 0 Å². The van der Waals surface area contributed by atoms with Crippen LogP contribution < -0.4 is 4.90 Å². The van der Waals surface area contributed by atoms with E-state index in [2.05, 4.69) is 224 Å². The molecule has 0 aliphatic heterocycles. The van der Waals surface area contributed by atoms with Crippen molar-refractivity contribution in [2.45, 2.75) is 19.3 Å². The minimum absolute atomic E-state index is 0.126. The van der Waals surface area contributed by atoms with Gasteiger partial charge < -0.3 is 13.9 Å². The third-order valence-electron chi connectivity index (χ3n) is 12.8. The van der Waals surface area contributed by atoms with Gasteiger partial charge in [-0.3, -0.25) is 0 Å². The van der Waals surface area contributed by atoms with Crippen molar-refractivity contribution >= 4 is 60.8 Å². The molecule has 284 valence electrons. The lowest BCUT2D eigenvalue weighted by molar-refractivity contribution is 0.660. The van der Waals surface area contributed by atoms with Gasteiger partial charge in [0, 0.05) is 38.6 Å². The Morgan fingerprint density at radius 3 is 1.88 bits per heavy atom. The second-order valence-electron chi connectivity index (χ2n) is 16.5. The Morgan fingerprint density at radius 2 is 1.03 bits per heavy atom. The molecular formula is C57H40N2O. The predicted molar refractivity (Wildman–Crippen MR) is 251 cm³/mol. The Hall–Kier alpha value is -7.62. The highest BCUT2D eigenvalue weighted by molar-refractivity contribution is 6.14. The van der Waals surface area contributed by atoms with Crippen molar-refractivity contribution in [2.24, 2.45) is 0 Å². The topological polar surface area (TPSA) is 21.3 Å². The van der Waals surface area contributed by atoms with Gasteiger partial charge in [0.25, 0.3) is 0 Å². The lowest BCUT2D eigenvalue weighted by atomic mass is 9.82. The SMILES string of the molecule is CC1(C)c2ccccc2-c2ccc(N(c3ccc(-c4ccc5c(c4)c4ccccc4n5-c4ccc(-c5ccccc5)cc4)cc3)c3cccc4oc5ccccc5c34)cc21. The third kappa shape index (κ3) is 5.22. The molecule has 0 radical (unpaired) electrons. The Labute approximate surface area is 349 Å². The molecule has 0 atom stereocenters. The number of fused-ring (bicyclic) bond motifs is 9. The van der Waals surface area contributed by atoms with Crippen molar-refractivity contribution in [2.75, 3.05) is 4.90 Å². The van der Waals surface area contributed by atoms with Gasteiger partial charge in [-0.1, -0.05) is 147 Å². The van der Waals surface area contributed by atoms with Crippen LogP contribution in [0.25, 0.3) is 82.8 Å². The molecule has 2 aromatic heterocycles. The molecule has 1 aliphatic carbocycles. The fourth-order valence-electron chi connectivity index (χ4n) is 9.87. The first-order chi connectivity index (χ1) is 29.5. The summed E-state index contributed by atoms with van der Waals surface area (Å²) in [5.74, 6) is 0. The highest BCUT2D eigenvalue weighted by Crippen LogP contribution is 2.51. The molecule has 3 heteroatoms. The summed E-state index contributed by atoms with van der Waals surface area (Å²) in [5.41, 5.74) is 18.6. The summed E-state index contributed by atoms with van der Waals surface area (Å²) >= 11 is 0. The number of furan rings is 1. The quantitative estimate of drug-likeness (QED) is 0.168. The number of hydrogen-bond acceptors (Lipinski definition) is 2. The lowest BCUT2D eigenvalue weighted by Gasteiger charge is -2.28. The molecule has 0 amide bonds. The van der Waals surface area contributed by atoms with Crippen molar-refractivity contribution < 1.29 is 4.42 Å². The zero-order chi connectivity index (χ0) is 40.0. The molecule has 2 heterocycles. The minimum atomic E-state index is -0.126. The molecule has 0 bridgehead atoms. The van der Waals surface area contributed by atoms with Crippen LogP contribution in [0.2, 0.25) is 0 Å². The summed E-state index contributed by atoms with van der Waals surface area (Å²) in [6.07, 6.45) is 0. The fraction of sp³-hybridized carbons (Fsp3) is 0.0526. The van der Waals surface area contributed by atoms with Crippen molar-refractivity contribution in [1.29, 1.82) is 0 Å². The standard InChI is InChI=1S/C57H40N2O/c1-57(2)49-18-9-6-15-44(49)45-33-32-43(36-50(45)57)58(53-20-12-22-55-56(53)47-17-8-11-21-54(47)60-55)41-28-25-39(26-29-41)40-27-34-52-48(35-40)46-16-7-10-19-51(46)59(52)42-30-23-38(24-31-42)37-13-4-3-5-14-37/h3-36H,1-2H3. The van der Waals surface area contributed by atoms with E-state index in [1.54, 1.807) is 0 Å². The number of nitrogens with zero attached hydrogens (tertiary/aromatic N) is 2. The van der Waals surface area contributed by atoms with Gasteiger partial charge in [-0.05, 0) is 117 Å². The number of aromatic nitrogens is 1. The van der Waals surface area contributed by atoms with Crippen molar-refractivity contribution in [3.05, 3.63) is 217 Å². The number of para-hydroxylation sites is 2. The van der Waals surface area contributed by atoms with Crippen molar-refractivity contribution in [3.63, 3.8) is 0 Å². The Bertz CT molecular complexity index is 3440. The molecule has 3 nitrogen and oxygen atoms in total. The minimum Gasteiger partial charge on any atom is -0.456 e. The first-order valence-electron chi connectivity index (χ1n) is 20.8. The first-order valence-corrected chi connectivity index (χ1v) is 20.8. The van der Waals surface area contributed by atoms with Crippen LogP contribution in [-0.2, 0) is 5.41 Å². The smallest absolute Gasteiger partial charge is 0.137 e. The van der Waals surface area contributed by atoms with Gasteiger partial charge in [-0.2, -0.15) is 0 Å².